The maximum absolute atomic E-state index is 14.8. The monoisotopic (exact) mass is 645 g/mol. The first-order valence-electron chi connectivity index (χ1n) is 13.6. The van der Waals surface area contributed by atoms with Gasteiger partial charge >= 0.3 is 17.8 Å². The third-order valence-electron chi connectivity index (χ3n) is 7.36. The summed E-state index contributed by atoms with van der Waals surface area (Å²) in [6.45, 7) is 1.22. The summed E-state index contributed by atoms with van der Waals surface area (Å²) in [7, 11) is 1.46. The molecule has 240 valence electrons. The van der Waals surface area contributed by atoms with E-state index in [4.69, 9.17) is 0 Å². The van der Waals surface area contributed by atoms with Crippen LogP contribution in [-0.4, -0.2) is 58.7 Å². The molecule has 2 unspecified atom stereocenters. The molecule has 0 aliphatic heterocycles. The zero-order valence-corrected chi connectivity index (χ0v) is 24.0. The first kappa shape index (κ1) is 31.8. The third kappa shape index (κ3) is 5.78. The maximum atomic E-state index is 14.8. The average molecular weight is 646 g/mol. The van der Waals surface area contributed by atoms with Crippen LogP contribution < -0.4 is 21.9 Å². The molecule has 2 atom stereocenters. The maximum Gasteiger partial charge on any atom is 0.408 e. The summed E-state index contributed by atoms with van der Waals surface area (Å²) in [4.78, 5) is 59.6. The molecule has 4 heterocycles. The standard InChI is InChI=1S/C29H24F5N7O5/c1-3-22(29(32,33)34)37-14-10-17(30)23(18(31)11-14)25(42)38-19(27(44)45)12-15-4-5-20(24-36-8-9-40(15)24)41-26(43)16-6-7-35-13-21(16)39(2)28(41)46/h4-11,13,19,22,37H,3,12H2,1-2H3,(H,38,42)(H,44,45). The number of carbonyl (C=O) groups is 2. The van der Waals surface area contributed by atoms with Gasteiger partial charge in [0.05, 0.1) is 22.8 Å². The van der Waals surface area contributed by atoms with E-state index >= 15 is 0 Å². The van der Waals surface area contributed by atoms with Crippen molar-refractivity contribution in [3.63, 3.8) is 0 Å². The van der Waals surface area contributed by atoms with Gasteiger partial charge in [-0.3, -0.25) is 19.1 Å². The number of hydrogen-bond donors (Lipinski definition) is 3. The third-order valence-corrected chi connectivity index (χ3v) is 7.36. The van der Waals surface area contributed by atoms with Gasteiger partial charge in [-0.2, -0.15) is 13.2 Å². The molecule has 0 radical (unpaired) electrons. The predicted octanol–water partition coefficient (Wildman–Crippen LogP) is 3.19. The summed E-state index contributed by atoms with van der Waals surface area (Å²) >= 11 is 0. The SMILES string of the molecule is CCC(Nc1cc(F)c(C(=O)NC(Cc2ccc(-n3c(=O)c4ccncc4n(C)c3=O)c3nccn23)C(=O)O)c(F)c1)C(F)(F)F. The Balaban J connectivity index is 1.45. The van der Waals surface area contributed by atoms with Crippen molar-refractivity contribution in [2.75, 3.05) is 5.32 Å². The second-order valence-corrected chi connectivity index (χ2v) is 10.2. The summed E-state index contributed by atoms with van der Waals surface area (Å²) in [5, 5.41) is 14.1. The van der Waals surface area contributed by atoms with Gasteiger partial charge in [0.15, 0.2) is 5.65 Å². The number of aliphatic carboxylic acids is 1. The van der Waals surface area contributed by atoms with Crippen LogP contribution in [0.1, 0.15) is 29.4 Å². The van der Waals surface area contributed by atoms with E-state index < -0.39 is 77.1 Å². The van der Waals surface area contributed by atoms with Crippen LogP contribution in [0.25, 0.3) is 22.2 Å². The van der Waals surface area contributed by atoms with Crippen LogP contribution in [0.15, 0.2) is 64.7 Å². The highest BCUT2D eigenvalue weighted by Gasteiger charge is 2.38. The highest BCUT2D eigenvalue weighted by atomic mass is 19.4. The number of carboxylic acids is 1. The molecule has 1 aromatic carbocycles. The predicted molar refractivity (Wildman–Crippen MR) is 154 cm³/mol. The van der Waals surface area contributed by atoms with Crippen LogP contribution >= 0.6 is 0 Å². The molecule has 1 amide bonds. The van der Waals surface area contributed by atoms with Gasteiger partial charge in [0.2, 0.25) is 0 Å². The zero-order valence-electron chi connectivity index (χ0n) is 24.0. The van der Waals surface area contributed by atoms with Gasteiger partial charge in [-0.05, 0) is 36.8 Å². The Morgan fingerprint density at radius 3 is 2.39 bits per heavy atom. The Hall–Kier alpha value is -5.61. The summed E-state index contributed by atoms with van der Waals surface area (Å²) in [5.41, 5.74) is -2.43. The van der Waals surface area contributed by atoms with E-state index in [0.717, 1.165) is 4.57 Å². The molecule has 0 saturated carbocycles. The lowest BCUT2D eigenvalue weighted by molar-refractivity contribution is -0.143. The van der Waals surface area contributed by atoms with E-state index in [2.05, 4.69) is 9.97 Å². The molecular weight excluding hydrogens is 621 g/mol. The van der Waals surface area contributed by atoms with Crippen molar-refractivity contribution < 1.29 is 36.6 Å². The number of fused-ring (bicyclic) bond motifs is 2. The fourth-order valence-electron chi connectivity index (χ4n) is 5.03. The van der Waals surface area contributed by atoms with Crippen LogP contribution in [0, 0.1) is 11.6 Å². The lowest BCUT2D eigenvalue weighted by atomic mass is 10.1. The number of benzene rings is 1. The summed E-state index contributed by atoms with van der Waals surface area (Å²) < 4.78 is 72.4. The van der Waals surface area contributed by atoms with E-state index in [1.807, 2.05) is 10.6 Å². The number of anilines is 1. The molecule has 3 N–H and O–H groups in total. The van der Waals surface area contributed by atoms with E-state index in [1.165, 1.54) is 65.9 Å². The molecule has 0 saturated heterocycles. The fourth-order valence-corrected chi connectivity index (χ4v) is 5.03. The molecule has 46 heavy (non-hydrogen) atoms. The highest BCUT2D eigenvalue weighted by Crippen LogP contribution is 2.28. The van der Waals surface area contributed by atoms with Crippen LogP contribution in [-0.2, 0) is 18.3 Å². The molecule has 12 nitrogen and oxygen atoms in total. The van der Waals surface area contributed by atoms with Gasteiger partial charge in [-0.1, -0.05) is 6.92 Å². The number of halogens is 5. The van der Waals surface area contributed by atoms with Crippen LogP contribution in [0.2, 0.25) is 0 Å². The molecule has 5 aromatic rings. The van der Waals surface area contributed by atoms with Crippen molar-refractivity contribution in [3.05, 3.63) is 98.8 Å². The minimum Gasteiger partial charge on any atom is -0.480 e. The van der Waals surface area contributed by atoms with Gasteiger partial charge in [0.25, 0.3) is 11.5 Å². The normalized spacial score (nSPS) is 13.1. The topological polar surface area (TPSA) is 153 Å². The molecular formula is C29H24F5N7O5. The van der Waals surface area contributed by atoms with Crippen molar-refractivity contribution in [2.45, 2.75) is 38.0 Å². The molecule has 4 aromatic heterocycles. The Kier molecular flexibility index (Phi) is 8.34. The number of nitrogens with zero attached hydrogens (tertiary/aromatic N) is 5. The average Bonchev–Trinajstić information content (AvgIpc) is 3.49. The number of rotatable bonds is 9. The Labute approximate surface area is 254 Å². The van der Waals surface area contributed by atoms with Gasteiger partial charge in [0, 0.05) is 43.4 Å². The van der Waals surface area contributed by atoms with Crippen LogP contribution in [0.3, 0.4) is 0 Å². The molecule has 0 spiro atoms. The number of aromatic nitrogens is 5. The van der Waals surface area contributed by atoms with Gasteiger partial charge < -0.3 is 20.1 Å². The van der Waals surface area contributed by atoms with Crippen molar-refractivity contribution in [1.29, 1.82) is 0 Å². The largest absolute Gasteiger partial charge is 0.480 e. The van der Waals surface area contributed by atoms with Crippen molar-refractivity contribution in [3.8, 4) is 5.69 Å². The number of amides is 1. The first-order valence-corrected chi connectivity index (χ1v) is 13.6. The Bertz CT molecular complexity index is 2100. The number of hydrogen-bond acceptors (Lipinski definition) is 7. The molecule has 5 rings (SSSR count). The number of carbonyl (C=O) groups excluding carboxylic acids is 1. The number of imidazole rings is 1. The van der Waals surface area contributed by atoms with E-state index in [9.17, 15) is 46.2 Å². The lowest BCUT2D eigenvalue weighted by Crippen LogP contribution is -2.43. The molecule has 0 fully saturated rings. The number of alkyl halides is 3. The van der Waals surface area contributed by atoms with Crippen molar-refractivity contribution in [1.82, 2.24) is 28.8 Å². The molecule has 0 aliphatic rings. The smallest absolute Gasteiger partial charge is 0.408 e. The van der Waals surface area contributed by atoms with E-state index in [-0.39, 0.29) is 22.4 Å². The summed E-state index contributed by atoms with van der Waals surface area (Å²) in [5.74, 6) is -6.06. The molecule has 0 bridgehead atoms. The Morgan fingerprint density at radius 2 is 1.76 bits per heavy atom. The number of carboxylic acid groups (broad SMARTS) is 1. The second-order valence-electron chi connectivity index (χ2n) is 10.2. The highest BCUT2D eigenvalue weighted by molar-refractivity contribution is 5.97. The van der Waals surface area contributed by atoms with E-state index in [1.54, 1.807) is 0 Å². The van der Waals surface area contributed by atoms with Gasteiger partial charge in [-0.15, -0.1) is 0 Å². The van der Waals surface area contributed by atoms with Crippen LogP contribution in [0.5, 0.6) is 0 Å². The van der Waals surface area contributed by atoms with Crippen molar-refractivity contribution in [2.24, 2.45) is 7.05 Å². The minimum atomic E-state index is -4.70. The lowest BCUT2D eigenvalue weighted by Gasteiger charge is -2.22. The zero-order chi connectivity index (χ0) is 33.5. The van der Waals surface area contributed by atoms with Crippen molar-refractivity contribution >= 4 is 34.1 Å². The van der Waals surface area contributed by atoms with E-state index in [0.29, 0.717) is 17.6 Å². The van der Waals surface area contributed by atoms with Gasteiger partial charge in [0.1, 0.15) is 29.3 Å². The minimum absolute atomic E-state index is 0.0719. The summed E-state index contributed by atoms with van der Waals surface area (Å²) in [6.07, 6.45) is -0.0691. The number of pyridine rings is 2. The Morgan fingerprint density at radius 1 is 1.07 bits per heavy atom. The fraction of sp³-hybridized carbons (Fsp3) is 0.241. The second kappa shape index (κ2) is 12.1. The molecule has 0 aliphatic carbocycles. The quantitative estimate of drug-likeness (QED) is 0.207. The molecule has 17 heteroatoms. The number of nitrogens with one attached hydrogen (secondary N) is 2. The number of aryl methyl sites for hydroxylation is 1. The van der Waals surface area contributed by atoms with Gasteiger partial charge in [-0.25, -0.2) is 27.9 Å². The van der Waals surface area contributed by atoms with Crippen LogP contribution in [0.4, 0.5) is 27.6 Å². The first-order chi connectivity index (χ1) is 21.7. The summed E-state index contributed by atoms with van der Waals surface area (Å²) in [6, 6.07) is 1.36.